The van der Waals surface area contributed by atoms with Gasteiger partial charge in [-0.05, 0) is 26.8 Å². The van der Waals surface area contributed by atoms with Crippen molar-refractivity contribution < 1.29 is 5.11 Å². The molecule has 0 aliphatic heterocycles. The molecule has 0 aromatic carbocycles. The van der Waals surface area contributed by atoms with Gasteiger partial charge in [0.2, 0.25) is 0 Å². The van der Waals surface area contributed by atoms with E-state index in [9.17, 15) is 5.11 Å². The fourth-order valence-corrected chi connectivity index (χ4v) is 1.38. The van der Waals surface area contributed by atoms with Gasteiger partial charge in [0, 0.05) is 6.04 Å². The maximum Gasteiger partial charge on any atom is 0.107 e. The van der Waals surface area contributed by atoms with Crippen LogP contribution in [0.2, 0.25) is 0 Å². The van der Waals surface area contributed by atoms with Crippen molar-refractivity contribution in [1.82, 2.24) is 4.90 Å². The SMILES string of the molecule is CCCC(C)N(C)C(O)CCC. The lowest BCUT2D eigenvalue weighted by Gasteiger charge is -2.29. The van der Waals surface area contributed by atoms with E-state index in [1.807, 2.05) is 7.05 Å². The monoisotopic (exact) mass is 173 g/mol. The maximum absolute atomic E-state index is 9.64. The van der Waals surface area contributed by atoms with Crippen LogP contribution in [-0.4, -0.2) is 29.3 Å². The lowest BCUT2D eigenvalue weighted by Crippen LogP contribution is -2.38. The zero-order valence-electron chi connectivity index (χ0n) is 8.88. The highest BCUT2D eigenvalue weighted by Crippen LogP contribution is 2.09. The number of rotatable bonds is 6. The molecule has 0 saturated heterocycles. The summed E-state index contributed by atoms with van der Waals surface area (Å²) in [6.45, 7) is 6.44. The average Bonchev–Trinajstić information content (AvgIpc) is 2.04. The quantitative estimate of drug-likeness (QED) is 0.623. The first kappa shape index (κ1) is 11.9. The number of hydrogen-bond donors (Lipinski definition) is 1. The van der Waals surface area contributed by atoms with Crippen molar-refractivity contribution in [3.63, 3.8) is 0 Å². The Bertz CT molecular complexity index is 94.0. The van der Waals surface area contributed by atoms with Crippen LogP contribution < -0.4 is 0 Å². The van der Waals surface area contributed by atoms with E-state index in [0.29, 0.717) is 6.04 Å². The van der Waals surface area contributed by atoms with Crippen LogP contribution in [-0.2, 0) is 0 Å². The molecule has 0 heterocycles. The van der Waals surface area contributed by atoms with Crippen molar-refractivity contribution in [1.29, 1.82) is 0 Å². The molecule has 2 heteroatoms. The first-order valence-electron chi connectivity index (χ1n) is 5.03. The van der Waals surface area contributed by atoms with Crippen molar-refractivity contribution in [3.8, 4) is 0 Å². The predicted molar refractivity (Wildman–Crippen MR) is 53.0 cm³/mol. The number of aliphatic hydroxyl groups excluding tert-OH is 1. The predicted octanol–water partition coefficient (Wildman–Crippen LogP) is 2.23. The summed E-state index contributed by atoms with van der Waals surface area (Å²) in [5.41, 5.74) is 0. The fraction of sp³-hybridized carbons (Fsp3) is 1.00. The van der Waals surface area contributed by atoms with Gasteiger partial charge in [-0.15, -0.1) is 0 Å². The van der Waals surface area contributed by atoms with Gasteiger partial charge in [0.25, 0.3) is 0 Å². The molecule has 0 bridgehead atoms. The molecule has 0 aromatic rings. The Kier molecular flexibility index (Phi) is 6.39. The molecule has 0 radical (unpaired) electrons. The van der Waals surface area contributed by atoms with Gasteiger partial charge >= 0.3 is 0 Å². The van der Waals surface area contributed by atoms with Crippen LogP contribution >= 0.6 is 0 Å². The van der Waals surface area contributed by atoms with E-state index in [1.165, 1.54) is 6.42 Å². The zero-order chi connectivity index (χ0) is 9.56. The van der Waals surface area contributed by atoms with Crippen LogP contribution in [0.3, 0.4) is 0 Å². The van der Waals surface area contributed by atoms with Crippen molar-refractivity contribution in [2.75, 3.05) is 7.05 Å². The van der Waals surface area contributed by atoms with E-state index in [-0.39, 0.29) is 6.23 Å². The molecular weight excluding hydrogens is 150 g/mol. The molecule has 0 rings (SSSR count). The third-order valence-electron chi connectivity index (χ3n) is 2.42. The minimum Gasteiger partial charge on any atom is -0.378 e. The third-order valence-corrected chi connectivity index (χ3v) is 2.42. The standard InChI is InChI=1S/C10H23NO/c1-5-7-9(3)11(4)10(12)8-6-2/h9-10,12H,5-8H2,1-4H3. The van der Waals surface area contributed by atoms with Crippen LogP contribution in [0.5, 0.6) is 0 Å². The van der Waals surface area contributed by atoms with Crippen LogP contribution in [0.4, 0.5) is 0 Å². The maximum atomic E-state index is 9.64. The lowest BCUT2D eigenvalue weighted by molar-refractivity contribution is -0.00975. The minimum atomic E-state index is -0.253. The van der Waals surface area contributed by atoms with Crippen LogP contribution in [0, 0.1) is 0 Å². The Morgan fingerprint density at radius 1 is 1.17 bits per heavy atom. The molecule has 0 saturated carbocycles. The second-order valence-electron chi connectivity index (χ2n) is 3.57. The smallest absolute Gasteiger partial charge is 0.107 e. The van der Waals surface area contributed by atoms with Crippen molar-refractivity contribution in [3.05, 3.63) is 0 Å². The van der Waals surface area contributed by atoms with Crippen molar-refractivity contribution >= 4 is 0 Å². The Hall–Kier alpha value is -0.0800. The van der Waals surface area contributed by atoms with Gasteiger partial charge in [-0.2, -0.15) is 0 Å². The second-order valence-corrected chi connectivity index (χ2v) is 3.57. The Balaban J connectivity index is 3.73. The van der Waals surface area contributed by atoms with E-state index in [1.54, 1.807) is 0 Å². The summed E-state index contributed by atoms with van der Waals surface area (Å²) in [5.74, 6) is 0. The molecule has 0 aliphatic rings. The Morgan fingerprint density at radius 2 is 1.67 bits per heavy atom. The molecule has 0 amide bonds. The molecule has 2 nitrogen and oxygen atoms in total. The molecule has 0 aromatic heterocycles. The summed E-state index contributed by atoms with van der Waals surface area (Å²) in [4.78, 5) is 2.06. The molecule has 0 spiro atoms. The van der Waals surface area contributed by atoms with Gasteiger partial charge in [-0.25, -0.2) is 0 Å². The lowest BCUT2D eigenvalue weighted by atomic mass is 10.1. The normalized spacial score (nSPS) is 16.5. The summed E-state index contributed by atoms with van der Waals surface area (Å²) in [6, 6.07) is 0.497. The van der Waals surface area contributed by atoms with E-state index in [4.69, 9.17) is 0 Å². The van der Waals surface area contributed by atoms with Crippen molar-refractivity contribution in [2.45, 2.75) is 58.7 Å². The van der Waals surface area contributed by atoms with Gasteiger partial charge in [0.05, 0.1) is 0 Å². The molecule has 2 atom stereocenters. The molecule has 12 heavy (non-hydrogen) atoms. The van der Waals surface area contributed by atoms with Gasteiger partial charge in [0.15, 0.2) is 0 Å². The van der Waals surface area contributed by atoms with E-state index >= 15 is 0 Å². The molecular formula is C10H23NO. The van der Waals surface area contributed by atoms with E-state index < -0.39 is 0 Å². The van der Waals surface area contributed by atoms with Crippen LogP contribution in [0.25, 0.3) is 0 Å². The summed E-state index contributed by atoms with van der Waals surface area (Å²) in [6.07, 6.45) is 4.02. The Morgan fingerprint density at radius 3 is 2.08 bits per heavy atom. The van der Waals surface area contributed by atoms with Crippen LogP contribution in [0.1, 0.15) is 46.5 Å². The average molecular weight is 173 g/mol. The molecule has 1 N–H and O–H groups in total. The third kappa shape index (κ3) is 4.07. The zero-order valence-corrected chi connectivity index (χ0v) is 8.88. The number of nitrogens with zero attached hydrogens (tertiary/aromatic N) is 1. The summed E-state index contributed by atoms with van der Waals surface area (Å²) in [7, 11) is 2.00. The molecule has 74 valence electrons. The van der Waals surface area contributed by atoms with Gasteiger partial charge in [0.1, 0.15) is 6.23 Å². The topological polar surface area (TPSA) is 23.5 Å². The molecule has 2 unspecified atom stereocenters. The van der Waals surface area contributed by atoms with E-state index in [0.717, 1.165) is 19.3 Å². The van der Waals surface area contributed by atoms with Gasteiger partial charge in [-0.3, -0.25) is 4.90 Å². The highest BCUT2D eigenvalue weighted by Gasteiger charge is 2.15. The first-order valence-corrected chi connectivity index (χ1v) is 5.03. The Labute approximate surface area is 76.6 Å². The second kappa shape index (κ2) is 6.44. The number of hydrogen-bond acceptors (Lipinski definition) is 2. The summed E-state index contributed by atoms with van der Waals surface area (Å²) >= 11 is 0. The number of aliphatic hydroxyl groups is 1. The van der Waals surface area contributed by atoms with Crippen molar-refractivity contribution in [2.24, 2.45) is 0 Å². The van der Waals surface area contributed by atoms with Gasteiger partial charge in [-0.1, -0.05) is 26.7 Å². The van der Waals surface area contributed by atoms with Gasteiger partial charge < -0.3 is 5.11 Å². The largest absolute Gasteiger partial charge is 0.378 e. The van der Waals surface area contributed by atoms with E-state index in [2.05, 4.69) is 25.7 Å². The first-order chi connectivity index (χ1) is 5.63. The highest BCUT2D eigenvalue weighted by atomic mass is 16.3. The fourth-order valence-electron chi connectivity index (χ4n) is 1.38. The summed E-state index contributed by atoms with van der Waals surface area (Å²) < 4.78 is 0. The summed E-state index contributed by atoms with van der Waals surface area (Å²) in [5, 5.41) is 9.64. The molecule has 0 fully saturated rings. The highest BCUT2D eigenvalue weighted by molar-refractivity contribution is 4.65. The molecule has 0 aliphatic carbocycles. The van der Waals surface area contributed by atoms with Crippen LogP contribution in [0.15, 0.2) is 0 Å². The minimum absolute atomic E-state index is 0.253.